The normalized spacial score (nSPS) is 14.5. The van der Waals surface area contributed by atoms with Crippen molar-refractivity contribution in [2.24, 2.45) is 0 Å². The van der Waals surface area contributed by atoms with Gasteiger partial charge in [0.1, 0.15) is 18.7 Å². The monoisotopic (exact) mass is 211 g/mol. The fourth-order valence-corrected chi connectivity index (χ4v) is 1.09. The molecule has 1 aromatic rings. The van der Waals surface area contributed by atoms with Gasteiger partial charge in [0.25, 0.3) is 0 Å². The van der Waals surface area contributed by atoms with Gasteiger partial charge in [0.15, 0.2) is 0 Å². The number of alkyl halides is 3. The molecule has 0 aromatic carbocycles. The van der Waals surface area contributed by atoms with Gasteiger partial charge < -0.3 is 0 Å². The van der Waals surface area contributed by atoms with Crippen molar-refractivity contribution in [3.05, 3.63) is 12.2 Å². The van der Waals surface area contributed by atoms with Crippen LogP contribution < -0.4 is 0 Å². The molecule has 0 bridgehead atoms. The van der Waals surface area contributed by atoms with Crippen LogP contribution in [-0.4, -0.2) is 20.9 Å². The van der Waals surface area contributed by atoms with E-state index in [1.54, 1.807) is 6.92 Å². The highest BCUT2D eigenvalue weighted by Crippen LogP contribution is 2.21. The van der Waals surface area contributed by atoms with Crippen LogP contribution in [0.4, 0.5) is 13.2 Å². The number of aromatic nitrogens is 3. The predicted octanol–water partition coefficient (Wildman–Crippen LogP) is 1.83. The highest BCUT2D eigenvalue weighted by molar-refractivity contribution is 7.80. The van der Waals surface area contributed by atoms with Gasteiger partial charge in [-0.2, -0.15) is 30.9 Å². The average molecular weight is 211 g/mol. The van der Waals surface area contributed by atoms with Crippen LogP contribution in [0.15, 0.2) is 6.33 Å². The van der Waals surface area contributed by atoms with Gasteiger partial charge in [-0.05, 0) is 6.92 Å². The van der Waals surface area contributed by atoms with E-state index in [9.17, 15) is 13.2 Å². The number of hydrogen-bond donors (Lipinski definition) is 1. The smallest absolute Gasteiger partial charge is 0.240 e. The van der Waals surface area contributed by atoms with Crippen molar-refractivity contribution in [3.8, 4) is 0 Å². The number of hydrogen-bond acceptors (Lipinski definition) is 3. The summed E-state index contributed by atoms with van der Waals surface area (Å²) in [5, 5.41) is 3.10. The molecule has 0 saturated heterocycles. The molecule has 0 spiro atoms. The lowest BCUT2D eigenvalue weighted by atomic mass is 10.4. The SMILES string of the molecule is CC(S)c1ncnn1CC(F)(F)F. The Labute approximate surface area is 78.4 Å². The van der Waals surface area contributed by atoms with Crippen LogP contribution in [0, 0.1) is 0 Å². The second-order valence-corrected chi connectivity index (χ2v) is 3.34. The third-order valence-corrected chi connectivity index (χ3v) is 1.58. The molecule has 74 valence electrons. The molecule has 0 radical (unpaired) electrons. The number of nitrogens with zero attached hydrogens (tertiary/aromatic N) is 3. The van der Waals surface area contributed by atoms with E-state index in [4.69, 9.17) is 0 Å². The third-order valence-electron chi connectivity index (χ3n) is 1.35. The fraction of sp³-hybridized carbons (Fsp3) is 0.667. The molecule has 7 heteroatoms. The Balaban J connectivity index is 2.83. The summed E-state index contributed by atoms with van der Waals surface area (Å²) in [7, 11) is 0. The maximum Gasteiger partial charge on any atom is 0.408 e. The van der Waals surface area contributed by atoms with Crippen LogP contribution in [0.2, 0.25) is 0 Å². The first-order valence-corrected chi connectivity index (χ1v) is 4.04. The second-order valence-electron chi connectivity index (χ2n) is 2.57. The van der Waals surface area contributed by atoms with Crippen molar-refractivity contribution in [1.29, 1.82) is 0 Å². The van der Waals surface area contributed by atoms with Crippen LogP contribution in [0.25, 0.3) is 0 Å². The summed E-state index contributed by atoms with van der Waals surface area (Å²) >= 11 is 3.98. The van der Waals surface area contributed by atoms with Gasteiger partial charge in [0.2, 0.25) is 0 Å². The second kappa shape index (κ2) is 3.57. The molecular weight excluding hydrogens is 203 g/mol. The van der Waals surface area contributed by atoms with E-state index in [2.05, 4.69) is 22.7 Å². The van der Waals surface area contributed by atoms with Crippen molar-refractivity contribution in [3.63, 3.8) is 0 Å². The highest BCUT2D eigenvalue weighted by atomic mass is 32.1. The lowest BCUT2D eigenvalue weighted by Crippen LogP contribution is -2.20. The predicted molar refractivity (Wildman–Crippen MR) is 43.5 cm³/mol. The summed E-state index contributed by atoms with van der Waals surface area (Å²) in [6.45, 7) is 0.521. The van der Waals surface area contributed by atoms with Gasteiger partial charge in [-0.3, -0.25) is 0 Å². The number of halogens is 3. The third kappa shape index (κ3) is 2.91. The molecule has 1 unspecified atom stereocenters. The standard InChI is InChI=1S/C6H8F3N3S/c1-4(13)5-10-3-11-12(5)2-6(7,8)9/h3-4,13H,2H2,1H3. The first-order chi connectivity index (χ1) is 5.90. The minimum absolute atomic E-state index is 0.223. The minimum Gasteiger partial charge on any atom is -0.240 e. The van der Waals surface area contributed by atoms with Gasteiger partial charge in [-0.1, -0.05) is 0 Å². The Hall–Kier alpha value is -0.720. The molecule has 3 nitrogen and oxygen atoms in total. The van der Waals surface area contributed by atoms with Gasteiger partial charge >= 0.3 is 6.18 Å². The van der Waals surface area contributed by atoms with Crippen molar-refractivity contribution >= 4 is 12.6 Å². The maximum atomic E-state index is 11.9. The highest BCUT2D eigenvalue weighted by Gasteiger charge is 2.30. The average Bonchev–Trinajstić information content (AvgIpc) is 2.31. The van der Waals surface area contributed by atoms with Gasteiger partial charge in [0, 0.05) is 0 Å². The van der Waals surface area contributed by atoms with Crippen LogP contribution >= 0.6 is 12.6 Å². The summed E-state index contributed by atoms with van der Waals surface area (Å²) in [4.78, 5) is 3.68. The summed E-state index contributed by atoms with van der Waals surface area (Å²) in [6, 6.07) is 0. The first-order valence-electron chi connectivity index (χ1n) is 3.52. The molecule has 0 fully saturated rings. The largest absolute Gasteiger partial charge is 0.408 e. The molecule has 0 aliphatic carbocycles. The van der Waals surface area contributed by atoms with E-state index in [-0.39, 0.29) is 11.1 Å². The van der Waals surface area contributed by atoms with Crippen LogP contribution in [0.1, 0.15) is 18.0 Å². The van der Waals surface area contributed by atoms with Crippen molar-refractivity contribution in [2.45, 2.75) is 24.9 Å². The summed E-state index contributed by atoms with van der Waals surface area (Å²) < 4.78 is 36.6. The molecule has 1 rings (SSSR count). The Morgan fingerprint density at radius 3 is 2.69 bits per heavy atom. The van der Waals surface area contributed by atoms with Gasteiger partial charge in [-0.15, -0.1) is 0 Å². The van der Waals surface area contributed by atoms with Crippen molar-refractivity contribution in [2.75, 3.05) is 0 Å². The van der Waals surface area contributed by atoms with E-state index >= 15 is 0 Å². The molecular formula is C6H8F3N3S. The molecule has 1 aromatic heterocycles. The fourth-order valence-electron chi connectivity index (χ4n) is 0.888. The Morgan fingerprint density at radius 2 is 2.23 bits per heavy atom. The van der Waals surface area contributed by atoms with Gasteiger partial charge in [0.05, 0.1) is 5.25 Å². The van der Waals surface area contributed by atoms with Gasteiger partial charge in [-0.25, -0.2) is 9.67 Å². The summed E-state index contributed by atoms with van der Waals surface area (Å²) in [5.41, 5.74) is 0. The Morgan fingerprint density at radius 1 is 1.62 bits per heavy atom. The Bertz CT molecular complexity index is 281. The summed E-state index contributed by atoms with van der Waals surface area (Å²) in [6.07, 6.45) is -3.18. The molecule has 0 amide bonds. The van der Waals surface area contributed by atoms with E-state index in [1.807, 2.05) is 0 Å². The minimum atomic E-state index is -4.27. The lowest BCUT2D eigenvalue weighted by Gasteiger charge is -2.09. The van der Waals surface area contributed by atoms with E-state index in [0.29, 0.717) is 0 Å². The first kappa shape index (κ1) is 10.4. The molecule has 13 heavy (non-hydrogen) atoms. The van der Waals surface area contributed by atoms with Crippen molar-refractivity contribution < 1.29 is 13.2 Å². The zero-order chi connectivity index (χ0) is 10.1. The maximum absolute atomic E-state index is 11.9. The molecule has 1 atom stereocenters. The number of thiol groups is 1. The van der Waals surface area contributed by atoms with E-state index in [1.165, 1.54) is 0 Å². The number of rotatable bonds is 2. The van der Waals surface area contributed by atoms with Crippen LogP contribution in [0.3, 0.4) is 0 Å². The van der Waals surface area contributed by atoms with Crippen molar-refractivity contribution in [1.82, 2.24) is 14.8 Å². The molecule has 0 aliphatic rings. The lowest BCUT2D eigenvalue weighted by molar-refractivity contribution is -0.143. The van der Waals surface area contributed by atoms with Crippen LogP contribution in [0.5, 0.6) is 0 Å². The zero-order valence-corrected chi connectivity index (χ0v) is 7.68. The van der Waals surface area contributed by atoms with Crippen LogP contribution in [-0.2, 0) is 6.54 Å². The molecule has 0 aliphatic heterocycles. The molecule has 0 saturated carbocycles. The molecule has 0 N–H and O–H groups in total. The van der Waals surface area contributed by atoms with E-state index in [0.717, 1.165) is 11.0 Å². The summed E-state index contributed by atoms with van der Waals surface area (Å²) in [5.74, 6) is 0.223. The molecule has 1 heterocycles. The van der Waals surface area contributed by atoms with E-state index < -0.39 is 12.7 Å². The topological polar surface area (TPSA) is 30.7 Å². The zero-order valence-electron chi connectivity index (χ0n) is 6.78. The quantitative estimate of drug-likeness (QED) is 0.756. The Kier molecular flexibility index (Phi) is 2.84.